The molecule has 0 amide bonds. The maximum absolute atomic E-state index is 5.75. The van der Waals surface area contributed by atoms with Crippen molar-refractivity contribution in [1.29, 1.82) is 0 Å². The van der Waals surface area contributed by atoms with Crippen LogP contribution in [0.15, 0.2) is 24.3 Å². The summed E-state index contributed by atoms with van der Waals surface area (Å²) in [6.07, 6.45) is 8.04. The Morgan fingerprint density at radius 2 is 1.70 bits per heavy atom. The van der Waals surface area contributed by atoms with Gasteiger partial charge in [-0.15, -0.1) is 0 Å². The third kappa shape index (κ3) is 3.56. The van der Waals surface area contributed by atoms with E-state index < -0.39 is 0 Å². The van der Waals surface area contributed by atoms with Crippen molar-refractivity contribution in [2.45, 2.75) is 56.5 Å². The standard InChI is InChI=1S/C20H29NO2/c1-22-18-10-6-15(7-11-18)14-4-8-17(9-5-14)21-20-13-23-12-19(20)16-2-3-16/h6-7,10-11,14,16-17,19-21H,2-5,8-9,12-13H2,1H3. The molecule has 23 heavy (non-hydrogen) atoms. The number of rotatable bonds is 5. The minimum atomic E-state index is 0.616. The van der Waals surface area contributed by atoms with Crippen LogP contribution in [-0.4, -0.2) is 32.4 Å². The first kappa shape index (κ1) is 15.5. The second-order valence-electron chi connectivity index (χ2n) is 7.63. The molecule has 0 radical (unpaired) electrons. The molecular formula is C20H29NO2. The molecule has 3 fully saturated rings. The fraction of sp³-hybridized carbons (Fsp3) is 0.700. The van der Waals surface area contributed by atoms with E-state index in [4.69, 9.17) is 9.47 Å². The van der Waals surface area contributed by atoms with Gasteiger partial charge in [0, 0.05) is 18.0 Å². The van der Waals surface area contributed by atoms with Gasteiger partial charge in [0.1, 0.15) is 5.75 Å². The van der Waals surface area contributed by atoms with Crippen LogP contribution in [0.3, 0.4) is 0 Å². The lowest BCUT2D eigenvalue weighted by atomic mass is 9.81. The van der Waals surface area contributed by atoms with E-state index in [1.165, 1.54) is 44.1 Å². The zero-order chi connectivity index (χ0) is 15.6. The molecule has 1 N–H and O–H groups in total. The lowest BCUT2D eigenvalue weighted by Gasteiger charge is -2.32. The number of methoxy groups -OCH3 is 1. The molecule has 1 heterocycles. The SMILES string of the molecule is COc1ccc(C2CCC(NC3COCC3C3CC3)CC2)cc1. The Kier molecular flexibility index (Phi) is 4.59. The zero-order valence-electron chi connectivity index (χ0n) is 14.2. The number of benzene rings is 1. The van der Waals surface area contributed by atoms with Crippen LogP contribution in [0.1, 0.15) is 50.0 Å². The number of ether oxygens (including phenoxy) is 2. The van der Waals surface area contributed by atoms with Gasteiger partial charge in [0.05, 0.1) is 20.3 Å². The summed E-state index contributed by atoms with van der Waals surface area (Å²) in [6, 6.07) is 9.98. The topological polar surface area (TPSA) is 30.5 Å². The van der Waals surface area contributed by atoms with Gasteiger partial charge in [0.15, 0.2) is 0 Å². The first-order valence-electron chi connectivity index (χ1n) is 9.31. The predicted molar refractivity (Wildman–Crippen MR) is 91.9 cm³/mol. The summed E-state index contributed by atoms with van der Waals surface area (Å²) in [7, 11) is 1.73. The van der Waals surface area contributed by atoms with Crippen molar-refractivity contribution in [3.8, 4) is 5.75 Å². The molecule has 0 aromatic heterocycles. The summed E-state index contributed by atoms with van der Waals surface area (Å²) in [5, 5.41) is 3.93. The van der Waals surface area contributed by atoms with Crippen LogP contribution >= 0.6 is 0 Å². The van der Waals surface area contributed by atoms with Gasteiger partial charge in [-0.3, -0.25) is 0 Å². The van der Waals surface area contributed by atoms with Gasteiger partial charge in [-0.05, 0) is 68.1 Å². The largest absolute Gasteiger partial charge is 0.497 e. The predicted octanol–water partition coefficient (Wildman–Crippen LogP) is 3.74. The van der Waals surface area contributed by atoms with E-state index in [9.17, 15) is 0 Å². The average molecular weight is 315 g/mol. The van der Waals surface area contributed by atoms with E-state index in [0.717, 1.165) is 36.7 Å². The lowest BCUT2D eigenvalue weighted by Crippen LogP contribution is -2.44. The van der Waals surface area contributed by atoms with Gasteiger partial charge in [0.2, 0.25) is 0 Å². The summed E-state index contributed by atoms with van der Waals surface area (Å²) in [5.74, 6) is 3.41. The van der Waals surface area contributed by atoms with E-state index in [1.807, 2.05) is 0 Å². The van der Waals surface area contributed by atoms with Crippen LogP contribution in [-0.2, 0) is 4.74 Å². The summed E-state index contributed by atoms with van der Waals surface area (Å²) < 4.78 is 11.0. The van der Waals surface area contributed by atoms with Gasteiger partial charge < -0.3 is 14.8 Å². The first-order valence-corrected chi connectivity index (χ1v) is 9.31. The smallest absolute Gasteiger partial charge is 0.118 e. The highest BCUT2D eigenvalue weighted by Gasteiger charge is 2.41. The van der Waals surface area contributed by atoms with E-state index in [0.29, 0.717) is 12.1 Å². The molecule has 4 rings (SSSR count). The third-order valence-corrected chi connectivity index (χ3v) is 6.12. The molecule has 2 atom stereocenters. The third-order valence-electron chi connectivity index (χ3n) is 6.12. The van der Waals surface area contributed by atoms with Crippen LogP contribution in [0.4, 0.5) is 0 Å². The van der Waals surface area contributed by atoms with E-state index >= 15 is 0 Å². The molecule has 0 bridgehead atoms. The van der Waals surface area contributed by atoms with Gasteiger partial charge in [-0.1, -0.05) is 12.1 Å². The average Bonchev–Trinajstić information content (AvgIpc) is 3.35. The molecule has 1 aliphatic heterocycles. The van der Waals surface area contributed by atoms with Crippen molar-refractivity contribution < 1.29 is 9.47 Å². The second kappa shape index (κ2) is 6.82. The Morgan fingerprint density at radius 1 is 0.957 bits per heavy atom. The van der Waals surface area contributed by atoms with Gasteiger partial charge in [-0.2, -0.15) is 0 Å². The van der Waals surface area contributed by atoms with Crippen molar-refractivity contribution in [3.63, 3.8) is 0 Å². The molecule has 126 valence electrons. The highest BCUT2D eigenvalue weighted by molar-refractivity contribution is 5.29. The number of hydrogen-bond acceptors (Lipinski definition) is 3. The number of nitrogens with one attached hydrogen (secondary N) is 1. The Labute approximate surface area is 139 Å². The molecule has 2 saturated carbocycles. The fourth-order valence-corrected chi connectivity index (χ4v) is 4.50. The molecule has 3 heteroatoms. The highest BCUT2D eigenvalue weighted by Crippen LogP contribution is 2.41. The molecule has 0 spiro atoms. The van der Waals surface area contributed by atoms with Crippen LogP contribution in [0, 0.1) is 11.8 Å². The molecule has 3 aliphatic rings. The maximum atomic E-state index is 5.75. The van der Waals surface area contributed by atoms with Crippen LogP contribution in [0.5, 0.6) is 5.75 Å². The second-order valence-corrected chi connectivity index (χ2v) is 7.63. The zero-order valence-corrected chi connectivity index (χ0v) is 14.2. The summed E-state index contributed by atoms with van der Waals surface area (Å²) in [4.78, 5) is 0. The van der Waals surface area contributed by atoms with Crippen LogP contribution < -0.4 is 10.1 Å². The first-order chi connectivity index (χ1) is 11.3. The lowest BCUT2D eigenvalue weighted by molar-refractivity contribution is 0.178. The quantitative estimate of drug-likeness (QED) is 0.898. The maximum Gasteiger partial charge on any atom is 0.118 e. The summed E-state index contributed by atoms with van der Waals surface area (Å²) in [6.45, 7) is 1.92. The monoisotopic (exact) mass is 315 g/mol. The minimum absolute atomic E-state index is 0.616. The molecule has 1 saturated heterocycles. The molecular weight excluding hydrogens is 286 g/mol. The van der Waals surface area contributed by atoms with E-state index in [1.54, 1.807) is 7.11 Å². The molecule has 1 aromatic carbocycles. The fourth-order valence-electron chi connectivity index (χ4n) is 4.50. The van der Waals surface area contributed by atoms with Gasteiger partial charge >= 0.3 is 0 Å². The molecule has 2 unspecified atom stereocenters. The van der Waals surface area contributed by atoms with E-state index in [2.05, 4.69) is 29.6 Å². The minimum Gasteiger partial charge on any atom is -0.497 e. The number of hydrogen-bond donors (Lipinski definition) is 1. The molecule has 2 aliphatic carbocycles. The molecule has 3 nitrogen and oxygen atoms in total. The van der Waals surface area contributed by atoms with Crippen molar-refractivity contribution in [2.75, 3.05) is 20.3 Å². The normalized spacial score (nSPS) is 34.5. The van der Waals surface area contributed by atoms with Gasteiger partial charge in [-0.25, -0.2) is 0 Å². The Hall–Kier alpha value is -1.06. The Bertz CT molecular complexity index is 503. The van der Waals surface area contributed by atoms with Crippen molar-refractivity contribution >= 4 is 0 Å². The van der Waals surface area contributed by atoms with Crippen LogP contribution in [0.25, 0.3) is 0 Å². The highest BCUT2D eigenvalue weighted by atomic mass is 16.5. The summed E-state index contributed by atoms with van der Waals surface area (Å²) in [5.41, 5.74) is 1.48. The van der Waals surface area contributed by atoms with Crippen molar-refractivity contribution in [1.82, 2.24) is 5.32 Å². The van der Waals surface area contributed by atoms with Gasteiger partial charge in [0.25, 0.3) is 0 Å². The summed E-state index contributed by atoms with van der Waals surface area (Å²) >= 11 is 0. The van der Waals surface area contributed by atoms with Crippen LogP contribution in [0.2, 0.25) is 0 Å². The van der Waals surface area contributed by atoms with Crippen molar-refractivity contribution in [3.05, 3.63) is 29.8 Å². The Balaban J connectivity index is 1.28. The van der Waals surface area contributed by atoms with Crippen molar-refractivity contribution in [2.24, 2.45) is 11.8 Å². The molecule has 1 aromatic rings. The van der Waals surface area contributed by atoms with E-state index in [-0.39, 0.29) is 0 Å². The Morgan fingerprint density at radius 3 is 2.35 bits per heavy atom.